The number of halogens is 1. The van der Waals surface area contributed by atoms with E-state index in [2.05, 4.69) is 28.3 Å². The molecule has 0 saturated heterocycles. The molecule has 0 aliphatic carbocycles. The van der Waals surface area contributed by atoms with Crippen molar-refractivity contribution in [2.24, 2.45) is 4.99 Å². The van der Waals surface area contributed by atoms with Crippen LogP contribution in [0.5, 0.6) is 11.5 Å². The number of rotatable bonds is 11. The third-order valence-electron chi connectivity index (χ3n) is 4.64. The summed E-state index contributed by atoms with van der Waals surface area (Å²) in [5.41, 5.74) is 2.95. The minimum Gasteiger partial charge on any atom is -0.493 e. The molecule has 0 amide bonds. The second kappa shape index (κ2) is 14.7. The standard InChI is InChI=1S/C24H33N3O3.HI/c1-5-10-20-15-18(16-22(29-3)23(20)30-4)17-27-24(25-6-2)26-14-13-21(28)19-11-8-7-9-12-19;/h5,7-9,11-12,15-16,21,28H,1,6,10,13-14,17H2,2-4H3,(H2,25,26,27);1H. The van der Waals surface area contributed by atoms with Gasteiger partial charge in [0.15, 0.2) is 17.5 Å². The van der Waals surface area contributed by atoms with Crippen molar-refractivity contribution < 1.29 is 14.6 Å². The zero-order valence-corrected chi connectivity index (χ0v) is 20.9. The van der Waals surface area contributed by atoms with E-state index in [1.807, 2.05) is 49.4 Å². The molecule has 2 aromatic rings. The first-order chi connectivity index (χ1) is 14.6. The van der Waals surface area contributed by atoms with Gasteiger partial charge >= 0.3 is 0 Å². The van der Waals surface area contributed by atoms with Crippen molar-refractivity contribution in [2.45, 2.75) is 32.4 Å². The van der Waals surface area contributed by atoms with Crippen molar-refractivity contribution in [1.29, 1.82) is 0 Å². The first-order valence-corrected chi connectivity index (χ1v) is 10.2. The van der Waals surface area contributed by atoms with E-state index >= 15 is 0 Å². The van der Waals surface area contributed by atoms with Crippen LogP contribution in [0.3, 0.4) is 0 Å². The van der Waals surface area contributed by atoms with E-state index in [1.165, 1.54) is 0 Å². The average molecular weight is 539 g/mol. The maximum absolute atomic E-state index is 10.3. The van der Waals surface area contributed by atoms with Crippen molar-refractivity contribution >= 4 is 29.9 Å². The molecule has 7 heteroatoms. The molecule has 1 atom stereocenters. The van der Waals surface area contributed by atoms with Crippen molar-refractivity contribution in [3.63, 3.8) is 0 Å². The van der Waals surface area contributed by atoms with Crippen LogP contribution in [0.15, 0.2) is 60.1 Å². The Morgan fingerprint density at radius 3 is 2.52 bits per heavy atom. The minimum atomic E-state index is -0.506. The summed E-state index contributed by atoms with van der Waals surface area (Å²) in [6.07, 6.45) is 2.61. The Kier molecular flexibility index (Phi) is 12.7. The predicted molar refractivity (Wildman–Crippen MR) is 138 cm³/mol. The summed E-state index contributed by atoms with van der Waals surface area (Å²) in [4.78, 5) is 4.68. The van der Waals surface area contributed by atoms with Gasteiger partial charge in [0, 0.05) is 18.7 Å². The van der Waals surface area contributed by atoms with Crippen molar-refractivity contribution in [3.8, 4) is 11.5 Å². The number of hydrogen-bond acceptors (Lipinski definition) is 4. The van der Waals surface area contributed by atoms with Gasteiger partial charge in [-0.25, -0.2) is 4.99 Å². The van der Waals surface area contributed by atoms with Gasteiger partial charge in [-0.15, -0.1) is 30.6 Å². The molecule has 0 heterocycles. The van der Waals surface area contributed by atoms with Crippen LogP contribution in [0.1, 0.15) is 36.1 Å². The second-order valence-corrected chi connectivity index (χ2v) is 6.82. The highest BCUT2D eigenvalue weighted by atomic mass is 127. The largest absolute Gasteiger partial charge is 0.493 e. The topological polar surface area (TPSA) is 75.1 Å². The van der Waals surface area contributed by atoms with Crippen molar-refractivity contribution in [1.82, 2.24) is 10.6 Å². The van der Waals surface area contributed by atoms with Crippen molar-refractivity contribution in [3.05, 3.63) is 71.8 Å². The Morgan fingerprint density at radius 2 is 1.90 bits per heavy atom. The highest BCUT2D eigenvalue weighted by molar-refractivity contribution is 14.0. The number of guanidine groups is 1. The Bertz CT molecular complexity index is 828. The number of aliphatic hydroxyl groups is 1. The minimum absolute atomic E-state index is 0. The fourth-order valence-corrected chi connectivity index (χ4v) is 3.19. The molecule has 31 heavy (non-hydrogen) atoms. The Morgan fingerprint density at radius 1 is 1.16 bits per heavy atom. The molecule has 0 bridgehead atoms. The Hall–Kier alpha value is -2.26. The van der Waals surface area contributed by atoms with Gasteiger partial charge in [-0.05, 0) is 43.0 Å². The van der Waals surface area contributed by atoms with Gasteiger partial charge in [-0.3, -0.25) is 0 Å². The number of methoxy groups -OCH3 is 2. The molecule has 1 unspecified atom stereocenters. The molecule has 0 aliphatic heterocycles. The fraction of sp³-hybridized carbons (Fsp3) is 0.375. The SMILES string of the molecule is C=CCc1cc(CN=C(NCC)NCCC(O)c2ccccc2)cc(OC)c1OC.I. The number of aliphatic imine (C=N–C) groups is 1. The molecule has 0 saturated carbocycles. The summed E-state index contributed by atoms with van der Waals surface area (Å²) in [7, 11) is 3.27. The molecule has 2 rings (SSSR count). The van der Waals surface area contributed by atoms with Gasteiger partial charge in [-0.1, -0.05) is 36.4 Å². The van der Waals surface area contributed by atoms with E-state index in [0.717, 1.165) is 29.0 Å². The zero-order chi connectivity index (χ0) is 21.8. The van der Waals surface area contributed by atoms with Crippen LogP contribution in [0.4, 0.5) is 0 Å². The monoisotopic (exact) mass is 539 g/mol. The van der Waals surface area contributed by atoms with E-state index < -0.39 is 6.10 Å². The summed E-state index contributed by atoms with van der Waals surface area (Å²) in [6, 6.07) is 13.7. The fourth-order valence-electron chi connectivity index (χ4n) is 3.19. The number of nitrogens with zero attached hydrogens (tertiary/aromatic N) is 1. The van der Waals surface area contributed by atoms with Gasteiger partial charge in [0.05, 0.1) is 26.9 Å². The maximum Gasteiger partial charge on any atom is 0.191 e. The number of nitrogens with one attached hydrogen (secondary N) is 2. The van der Waals surface area contributed by atoms with Crippen LogP contribution in [-0.4, -0.2) is 38.4 Å². The molecular formula is C24H34IN3O3. The van der Waals surface area contributed by atoms with Crippen LogP contribution in [0.25, 0.3) is 0 Å². The Labute approximate surface area is 202 Å². The Balaban J connectivity index is 0.00000480. The lowest BCUT2D eigenvalue weighted by molar-refractivity contribution is 0.168. The van der Waals surface area contributed by atoms with Crippen LogP contribution in [0.2, 0.25) is 0 Å². The summed E-state index contributed by atoms with van der Waals surface area (Å²) < 4.78 is 11.0. The molecular weight excluding hydrogens is 505 g/mol. The first kappa shape index (κ1) is 26.8. The van der Waals surface area contributed by atoms with E-state index in [-0.39, 0.29) is 24.0 Å². The van der Waals surface area contributed by atoms with Gasteiger partial charge in [0.2, 0.25) is 0 Å². The number of ether oxygens (including phenoxy) is 2. The highest BCUT2D eigenvalue weighted by Crippen LogP contribution is 2.33. The maximum atomic E-state index is 10.3. The van der Waals surface area contributed by atoms with Gasteiger partial charge < -0.3 is 25.2 Å². The summed E-state index contributed by atoms with van der Waals surface area (Å²) in [5.74, 6) is 2.12. The lowest BCUT2D eigenvalue weighted by Gasteiger charge is -2.15. The third-order valence-corrected chi connectivity index (χ3v) is 4.64. The van der Waals surface area contributed by atoms with E-state index in [1.54, 1.807) is 14.2 Å². The quantitative estimate of drug-likeness (QED) is 0.173. The molecule has 0 radical (unpaired) electrons. The predicted octanol–water partition coefficient (Wildman–Crippen LogP) is 4.23. The molecule has 170 valence electrons. The van der Waals surface area contributed by atoms with Crippen LogP contribution >= 0.6 is 24.0 Å². The lowest BCUT2D eigenvalue weighted by Crippen LogP contribution is -2.38. The number of benzene rings is 2. The number of hydrogen-bond donors (Lipinski definition) is 3. The molecule has 3 N–H and O–H groups in total. The highest BCUT2D eigenvalue weighted by Gasteiger charge is 2.12. The first-order valence-electron chi connectivity index (χ1n) is 10.2. The van der Waals surface area contributed by atoms with Crippen LogP contribution < -0.4 is 20.1 Å². The zero-order valence-electron chi connectivity index (χ0n) is 18.6. The van der Waals surface area contributed by atoms with Gasteiger partial charge in [0.1, 0.15) is 0 Å². The smallest absolute Gasteiger partial charge is 0.191 e. The average Bonchev–Trinajstić information content (AvgIpc) is 2.77. The van der Waals surface area contributed by atoms with Crippen molar-refractivity contribution in [2.75, 3.05) is 27.3 Å². The molecule has 6 nitrogen and oxygen atoms in total. The van der Waals surface area contributed by atoms with Crippen LogP contribution in [-0.2, 0) is 13.0 Å². The number of allylic oxidation sites excluding steroid dienone is 1. The lowest BCUT2D eigenvalue weighted by atomic mass is 10.1. The third kappa shape index (κ3) is 8.41. The normalized spacial score (nSPS) is 11.8. The molecule has 0 fully saturated rings. The summed E-state index contributed by atoms with van der Waals surface area (Å²) >= 11 is 0. The van der Waals surface area contributed by atoms with Gasteiger partial charge in [0.25, 0.3) is 0 Å². The molecule has 2 aromatic carbocycles. The van der Waals surface area contributed by atoms with E-state index in [0.29, 0.717) is 37.6 Å². The molecule has 0 aliphatic rings. The molecule has 0 aromatic heterocycles. The van der Waals surface area contributed by atoms with E-state index in [9.17, 15) is 5.11 Å². The van der Waals surface area contributed by atoms with E-state index in [4.69, 9.17) is 9.47 Å². The number of aliphatic hydroxyl groups excluding tert-OH is 1. The summed E-state index contributed by atoms with van der Waals surface area (Å²) in [5, 5.41) is 16.9. The van der Waals surface area contributed by atoms with Gasteiger partial charge in [-0.2, -0.15) is 0 Å². The second-order valence-electron chi connectivity index (χ2n) is 6.82. The molecule has 0 spiro atoms. The van der Waals surface area contributed by atoms with Crippen LogP contribution in [0, 0.1) is 0 Å². The summed E-state index contributed by atoms with van der Waals surface area (Å²) in [6.45, 7) is 7.69.